The molecule has 0 atom stereocenters. The van der Waals surface area contributed by atoms with E-state index in [1.807, 2.05) is 0 Å². The molecule has 42 heavy (non-hydrogen) atoms. The van der Waals surface area contributed by atoms with Gasteiger partial charge in [0.15, 0.2) is 0 Å². The van der Waals surface area contributed by atoms with Gasteiger partial charge in [0.25, 0.3) is 0 Å². The second-order valence-electron chi connectivity index (χ2n) is 12.3. The molecule has 0 unspecified atom stereocenters. The third-order valence-electron chi connectivity index (χ3n) is 9.63. The first-order valence-electron chi connectivity index (χ1n) is 15.2. The molecule has 1 aliphatic carbocycles. The second kappa shape index (κ2) is 10.7. The molecule has 2 aromatic carbocycles. The van der Waals surface area contributed by atoms with Gasteiger partial charge in [-0.1, -0.05) is 24.3 Å². The Hall–Kier alpha value is -3.95. The Morgan fingerprint density at radius 3 is 2.24 bits per heavy atom. The van der Waals surface area contributed by atoms with Gasteiger partial charge < -0.3 is 25.1 Å². The maximum absolute atomic E-state index is 6.48. The van der Waals surface area contributed by atoms with Crippen LogP contribution in [0, 0.1) is 13.8 Å². The number of nitrogen functional groups attached to an aromatic ring is 1. The van der Waals surface area contributed by atoms with E-state index in [2.05, 4.69) is 99.8 Å². The number of fused-ring (bicyclic) bond motifs is 2. The van der Waals surface area contributed by atoms with Crippen LogP contribution >= 0.6 is 0 Å². The summed E-state index contributed by atoms with van der Waals surface area (Å²) in [6.45, 7) is 8.97. The predicted molar refractivity (Wildman–Crippen MR) is 171 cm³/mol. The SMILES string of the molecule is Cc1ccc(C)c2c1nc(Nc1ccc(-c3cn([C@H]4CC[C@H](N5CCN(C)CC5)CC4)c4ncnc(N)c34)cc1)n2C. The smallest absolute Gasteiger partial charge is 0.208 e. The zero-order valence-corrected chi connectivity index (χ0v) is 25.1. The molecule has 1 saturated carbocycles. The molecule has 0 spiro atoms. The number of rotatable bonds is 5. The van der Waals surface area contributed by atoms with Crippen LogP contribution in [0.25, 0.3) is 33.2 Å². The van der Waals surface area contributed by atoms with E-state index in [-0.39, 0.29) is 0 Å². The lowest BCUT2D eigenvalue weighted by Crippen LogP contribution is -2.49. The van der Waals surface area contributed by atoms with E-state index in [4.69, 9.17) is 15.7 Å². The number of nitrogens with zero attached hydrogens (tertiary/aromatic N) is 7. The monoisotopic (exact) mass is 563 g/mol. The Balaban J connectivity index is 1.14. The summed E-state index contributed by atoms with van der Waals surface area (Å²) in [5.41, 5.74) is 15.2. The first-order valence-corrected chi connectivity index (χ1v) is 15.2. The van der Waals surface area contributed by atoms with Crippen molar-refractivity contribution in [1.82, 2.24) is 33.9 Å². The molecule has 9 nitrogen and oxygen atoms in total. The number of aromatic nitrogens is 5. The highest BCUT2D eigenvalue weighted by Gasteiger charge is 2.30. The van der Waals surface area contributed by atoms with Crippen LogP contribution < -0.4 is 11.1 Å². The van der Waals surface area contributed by atoms with Gasteiger partial charge in [-0.2, -0.15) is 0 Å². The van der Waals surface area contributed by atoms with Crippen molar-refractivity contribution in [3.05, 3.63) is 60.0 Å². The number of likely N-dealkylation sites (N-methyl/N-ethyl adjacent to an activating group) is 1. The number of nitrogens with two attached hydrogens (primary N) is 1. The summed E-state index contributed by atoms with van der Waals surface area (Å²) in [7, 11) is 4.29. The maximum Gasteiger partial charge on any atom is 0.208 e. The average molecular weight is 564 g/mol. The summed E-state index contributed by atoms with van der Waals surface area (Å²) in [6, 6.07) is 13.9. The van der Waals surface area contributed by atoms with Gasteiger partial charge in [0.2, 0.25) is 5.95 Å². The van der Waals surface area contributed by atoms with Crippen LogP contribution in [0.3, 0.4) is 0 Å². The Bertz CT molecular complexity index is 1730. The fraction of sp³-hybridized carbons (Fsp3) is 0.424. The molecule has 0 bridgehead atoms. The lowest BCUT2D eigenvalue weighted by Gasteiger charge is -2.41. The highest BCUT2D eigenvalue weighted by atomic mass is 15.3. The van der Waals surface area contributed by atoms with E-state index in [1.54, 1.807) is 6.33 Å². The zero-order chi connectivity index (χ0) is 29.0. The lowest BCUT2D eigenvalue weighted by molar-refractivity contribution is 0.0828. The molecule has 4 heterocycles. The van der Waals surface area contributed by atoms with E-state index in [1.165, 1.54) is 50.1 Å². The molecule has 2 fully saturated rings. The minimum Gasteiger partial charge on any atom is -0.383 e. The number of aryl methyl sites for hydroxylation is 3. The quantitative estimate of drug-likeness (QED) is 0.285. The molecule has 1 saturated heterocycles. The van der Waals surface area contributed by atoms with Crippen LogP contribution in [0.2, 0.25) is 0 Å². The Labute approximate surface area is 247 Å². The summed E-state index contributed by atoms with van der Waals surface area (Å²) in [6.07, 6.45) is 8.63. The van der Waals surface area contributed by atoms with Crippen molar-refractivity contribution in [2.24, 2.45) is 7.05 Å². The van der Waals surface area contributed by atoms with Crippen LogP contribution in [0.5, 0.6) is 0 Å². The van der Waals surface area contributed by atoms with Crippen molar-refractivity contribution in [2.45, 2.75) is 51.6 Å². The fourth-order valence-electron chi connectivity index (χ4n) is 7.10. The molecule has 0 amide bonds. The van der Waals surface area contributed by atoms with Gasteiger partial charge in [0.1, 0.15) is 17.8 Å². The molecular weight excluding hydrogens is 522 g/mol. The number of imidazole rings is 1. The number of hydrogen-bond acceptors (Lipinski definition) is 7. The summed E-state index contributed by atoms with van der Waals surface area (Å²) in [5.74, 6) is 1.36. The number of nitrogens with one attached hydrogen (secondary N) is 1. The molecule has 5 aromatic rings. The van der Waals surface area contributed by atoms with Crippen LogP contribution in [0.15, 0.2) is 48.9 Å². The average Bonchev–Trinajstić information content (AvgIpc) is 3.56. The van der Waals surface area contributed by atoms with Crippen molar-refractivity contribution < 1.29 is 0 Å². The summed E-state index contributed by atoms with van der Waals surface area (Å²) in [4.78, 5) is 19.1. The van der Waals surface area contributed by atoms with Crippen molar-refractivity contribution in [3.8, 4) is 11.1 Å². The van der Waals surface area contributed by atoms with Gasteiger partial charge in [0, 0.05) is 62.8 Å². The molecule has 7 rings (SSSR count). The Morgan fingerprint density at radius 2 is 1.52 bits per heavy atom. The first-order chi connectivity index (χ1) is 20.4. The lowest BCUT2D eigenvalue weighted by atomic mass is 9.89. The van der Waals surface area contributed by atoms with Crippen molar-refractivity contribution in [3.63, 3.8) is 0 Å². The minimum atomic E-state index is 0.421. The number of piperazine rings is 1. The summed E-state index contributed by atoms with van der Waals surface area (Å²) < 4.78 is 4.51. The van der Waals surface area contributed by atoms with E-state index < -0.39 is 0 Å². The van der Waals surface area contributed by atoms with E-state index in [0.29, 0.717) is 17.9 Å². The van der Waals surface area contributed by atoms with Gasteiger partial charge in [0.05, 0.1) is 16.4 Å². The van der Waals surface area contributed by atoms with Crippen molar-refractivity contribution >= 4 is 39.5 Å². The molecule has 2 aliphatic rings. The highest BCUT2D eigenvalue weighted by Crippen LogP contribution is 2.39. The predicted octanol–water partition coefficient (Wildman–Crippen LogP) is 5.66. The second-order valence-corrected chi connectivity index (χ2v) is 12.3. The molecular formula is C33H41N9. The highest BCUT2D eigenvalue weighted by molar-refractivity contribution is 6.00. The van der Waals surface area contributed by atoms with Crippen LogP contribution in [-0.4, -0.2) is 73.2 Å². The van der Waals surface area contributed by atoms with E-state index >= 15 is 0 Å². The molecule has 1 aliphatic heterocycles. The zero-order valence-electron chi connectivity index (χ0n) is 25.1. The normalized spacial score (nSPS) is 20.5. The third-order valence-corrected chi connectivity index (χ3v) is 9.63. The van der Waals surface area contributed by atoms with E-state index in [0.717, 1.165) is 57.7 Å². The molecule has 0 radical (unpaired) electrons. The van der Waals surface area contributed by atoms with Crippen molar-refractivity contribution in [2.75, 3.05) is 44.3 Å². The molecule has 218 valence electrons. The Morgan fingerprint density at radius 1 is 0.833 bits per heavy atom. The van der Waals surface area contributed by atoms with Crippen molar-refractivity contribution in [1.29, 1.82) is 0 Å². The van der Waals surface area contributed by atoms with Crippen LogP contribution in [0.1, 0.15) is 42.9 Å². The topological polar surface area (TPSA) is 93.1 Å². The standard InChI is InChI=1S/C33H41N9/c1-21-5-6-22(2)30-29(21)38-33(40(30)4)37-24-9-7-23(8-10-24)27-19-42(32-28(27)31(34)35-20-36-32)26-13-11-25(12-14-26)41-17-15-39(3)16-18-41/h5-10,19-20,25-26H,11-18H2,1-4H3,(H,37,38)(H2,34,35,36)/t25-,26-. The molecule has 3 N–H and O–H groups in total. The van der Waals surface area contributed by atoms with E-state index in [9.17, 15) is 0 Å². The molecule has 3 aromatic heterocycles. The third kappa shape index (κ3) is 4.70. The largest absolute Gasteiger partial charge is 0.383 e. The molecule has 9 heteroatoms. The van der Waals surface area contributed by atoms with Crippen LogP contribution in [-0.2, 0) is 7.05 Å². The van der Waals surface area contributed by atoms with Gasteiger partial charge in [-0.05, 0) is 75.4 Å². The first kappa shape index (κ1) is 26.9. The Kier molecular flexibility index (Phi) is 6.86. The van der Waals surface area contributed by atoms with Gasteiger partial charge in [-0.25, -0.2) is 15.0 Å². The number of benzene rings is 2. The van der Waals surface area contributed by atoms with Gasteiger partial charge >= 0.3 is 0 Å². The van der Waals surface area contributed by atoms with Crippen LogP contribution in [0.4, 0.5) is 17.5 Å². The minimum absolute atomic E-state index is 0.421. The number of hydrogen-bond donors (Lipinski definition) is 2. The summed E-state index contributed by atoms with van der Waals surface area (Å²) >= 11 is 0. The number of anilines is 3. The van der Waals surface area contributed by atoms with Gasteiger partial charge in [-0.3, -0.25) is 4.90 Å². The van der Waals surface area contributed by atoms with Gasteiger partial charge in [-0.15, -0.1) is 0 Å². The maximum atomic E-state index is 6.48. The summed E-state index contributed by atoms with van der Waals surface area (Å²) in [5, 5.41) is 4.47. The fourth-order valence-corrected chi connectivity index (χ4v) is 7.10.